The van der Waals surface area contributed by atoms with Gasteiger partial charge in [0.1, 0.15) is 0 Å². The highest BCUT2D eigenvalue weighted by molar-refractivity contribution is 5.27. The van der Waals surface area contributed by atoms with Gasteiger partial charge in [0.15, 0.2) is 0 Å². The van der Waals surface area contributed by atoms with Crippen molar-refractivity contribution in [3.05, 3.63) is 65.5 Å². The first kappa shape index (κ1) is 14.3. The van der Waals surface area contributed by atoms with Gasteiger partial charge in [0.25, 0.3) is 0 Å². The van der Waals surface area contributed by atoms with Crippen molar-refractivity contribution in [3.8, 4) is 0 Å². The molecule has 110 valence electrons. The predicted octanol–water partition coefficient (Wildman–Crippen LogP) is 4.45. The van der Waals surface area contributed by atoms with E-state index in [9.17, 15) is 0 Å². The van der Waals surface area contributed by atoms with Gasteiger partial charge >= 0.3 is 0 Å². The molecule has 21 heavy (non-hydrogen) atoms. The van der Waals surface area contributed by atoms with E-state index < -0.39 is 0 Å². The standard InChI is InChI=1S/C19H24N2/c1-14(2)18(15-8-4-3-5-9-15)21-17-12-6-10-16-11-7-13-20-19(16)17/h3-5,7-9,11,13-14,17-18,21H,6,10,12H2,1-2H3. The molecule has 1 aliphatic carbocycles. The second-order valence-corrected chi connectivity index (χ2v) is 6.29. The van der Waals surface area contributed by atoms with Crippen LogP contribution in [0, 0.1) is 5.92 Å². The molecular formula is C19H24N2. The molecule has 2 atom stereocenters. The van der Waals surface area contributed by atoms with Gasteiger partial charge in [-0.3, -0.25) is 4.98 Å². The molecule has 1 heterocycles. The van der Waals surface area contributed by atoms with Crippen LogP contribution >= 0.6 is 0 Å². The minimum atomic E-state index is 0.377. The van der Waals surface area contributed by atoms with E-state index in [1.165, 1.54) is 36.1 Å². The zero-order chi connectivity index (χ0) is 14.7. The topological polar surface area (TPSA) is 24.9 Å². The number of pyridine rings is 1. The van der Waals surface area contributed by atoms with E-state index in [1.54, 1.807) is 0 Å². The van der Waals surface area contributed by atoms with Gasteiger partial charge in [0, 0.05) is 12.2 Å². The summed E-state index contributed by atoms with van der Waals surface area (Å²) in [6.07, 6.45) is 5.51. The smallest absolute Gasteiger partial charge is 0.0605 e. The first-order chi connectivity index (χ1) is 10.3. The largest absolute Gasteiger partial charge is 0.301 e. The van der Waals surface area contributed by atoms with E-state index in [4.69, 9.17) is 0 Å². The van der Waals surface area contributed by atoms with Crippen molar-refractivity contribution in [3.63, 3.8) is 0 Å². The van der Waals surface area contributed by atoms with E-state index in [2.05, 4.69) is 66.6 Å². The molecule has 2 aromatic rings. The molecule has 2 unspecified atom stereocenters. The third-order valence-electron chi connectivity index (χ3n) is 4.40. The molecule has 0 spiro atoms. The van der Waals surface area contributed by atoms with Gasteiger partial charge in [-0.1, -0.05) is 50.2 Å². The number of hydrogen-bond donors (Lipinski definition) is 1. The molecule has 1 aromatic heterocycles. The maximum atomic E-state index is 4.64. The molecular weight excluding hydrogens is 256 g/mol. The van der Waals surface area contributed by atoms with E-state index in [0.29, 0.717) is 18.0 Å². The molecule has 0 amide bonds. The molecule has 0 fully saturated rings. The Bertz CT molecular complexity index is 577. The average molecular weight is 280 g/mol. The van der Waals surface area contributed by atoms with E-state index in [1.807, 2.05) is 6.20 Å². The predicted molar refractivity (Wildman–Crippen MR) is 87.1 cm³/mol. The highest BCUT2D eigenvalue weighted by atomic mass is 15.0. The molecule has 0 saturated carbocycles. The number of fused-ring (bicyclic) bond motifs is 1. The van der Waals surface area contributed by atoms with Crippen LogP contribution in [0.15, 0.2) is 48.7 Å². The molecule has 1 aromatic carbocycles. The van der Waals surface area contributed by atoms with E-state index in [0.717, 1.165) is 0 Å². The summed E-state index contributed by atoms with van der Waals surface area (Å²) in [6.45, 7) is 4.57. The fraction of sp³-hybridized carbons (Fsp3) is 0.421. The van der Waals surface area contributed by atoms with Crippen LogP contribution < -0.4 is 5.32 Å². The average Bonchev–Trinajstić information content (AvgIpc) is 2.53. The van der Waals surface area contributed by atoms with Crippen molar-refractivity contribution in [2.45, 2.75) is 45.2 Å². The van der Waals surface area contributed by atoms with Crippen LogP contribution in [0.25, 0.3) is 0 Å². The molecule has 1 N–H and O–H groups in total. The molecule has 1 aliphatic rings. The van der Waals surface area contributed by atoms with Crippen LogP contribution in [-0.2, 0) is 6.42 Å². The van der Waals surface area contributed by atoms with E-state index in [-0.39, 0.29) is 0 Å². The first-order valence-electron chi connectivity index (χ1n) is 8.00. The Labute approximate surface area is 127 Å². The second-order valence-electron chi connectivity index (χ2n) is 6.29. The molecule has 2 heteroatoms. The lowest BCUT2D eigenvalue weighted by atomic mass is 9.89. The Morgan fingerprint density at radius 2 is 1.90 bits per heavy atom. The quantitative estimate of drug-likeness (QED) is 0.895. The van der Waals surface area contributed by atoms with Crippen LogP contribution in [-0.4, -0.2) is 4.98 Å². The lowest BCUT2D eigenvalue weighted by molar-refractivity contribution is 0.334. The molecule has 0 aliphatic heterocycles. The van der Waals surface area contributed by atoms with Crippen molar-refractivity contribution >= 4 is 0 Å². The minimum absolute atomic E-state index is 0.377. The first-order valence-corrected chi connectivity index (χ1v) is 8.00. The third kappa shape index (κ3) is 3.16. The molecule has 0 radical (unpaired) electrons. The number of aryl methyl sites for hydroxylation is 1. The van der Waals surface area contributed by atoms with Crippen LogP contribution in [0.1, 0.15) is 55.6 Å². The highest BCUT2D eigenvalue weighted by Crippen LogP contribution is 2.32. The summed E-state index contributed by atoms with van der Waals surface area (Å²) in [7, 11) is 0. The van der Waals surface area contributed by atoms with Crippen LogP contribution in [0.5, 0.6) is 0 Å². The normalized spacial score (nSPS) is 19.3. The Kier molecular flexibility index (Phi) is 4.35. The van der Waals surface area contributed by atoms with Crippen LogP contribution in [0.4, 0.5) is 0 Å². The van der Waals surface area contributed by atoms with Crippen molar-refractivity contribution in [1.82, 2.24) is 10.3 Å². The van der Waals surface area contributed by atoms with Crippen molar-refractivity contribution in [2.75, 3.05) is 0 Å². The summed E-state index contributed by atoms with van der Waals surface area (Å²) in [4.78, 5) is 4.64. The summed E-state index contributed by atoms with van der Waals surface area (Å²) in [6, 6.07) is 15.8. The number of hydrogen-bond acceptors (Lipinski definition) is 2. The fourth-order valence-corrected chi connectivity index (χ4v) is 3.32. The number of nitrogens with zero attached hydrogens (tertiary/aromatic N) is 1. The van der Waals surface area contributed by atoms with Crippen LogP contribution in [0.3, 0.4) is 0 Å². The summed E-state index contributed by atoms with van der Waals surface area (Å²) in [5.74, 6) is 0.557. The van der Waals surface area contributed by atoms with Crippen LogP contribution in [0.2, 0.25) is 0 Å². The lowest BCUT2D eigenvalue weighted by Gasteiger charge is -2.32. The lowest BCUT2D eigenvalue weighted by Crippen LogP contribution is -2.32. The van der Waals surface area contributed by atoms with Crippen molar-refractivity contribution < 1.29 is 0 Å². The number of rotatable bonds is 4. The molecule has 3 rings (SSSR count). The fourth-order valence-electron chi connectivity index (χ4n) is 3.32. The summed E-state index contributed by atoms with van der Waals surface area (Å²) in [5.41, 5.74) is 4.04. The van der Waals surface area contributed by atoms with Gasteiger partial charge in [0.05, 0.1) is 11.7 Å². The zero-order valence-corrected chi connectivity index (χ0v) is 12.9. The van der Waals surface area contributed by atoms with Gasteiger partial charge in [-0.2, -0.15) is 0 Å². The Balaban J connectivity index is 1.85. The van der Waals surface area contributed by atoms with Gasteiger partial charge in [-0.15, -0.1) is 0 Å². The van der Waals surface area contributed by atoms with Gasteiger partial charge in [-0.25, -0.2) is 0 Å². The van der Waals surface area contributed by atoms with Crippen molar-refractivity contribution in [1.29, 1.82) is 0 Å². The van der Waals surface area contributed by atoms with Crippen molar-refractivity contribution in [2.24, 2.45) is 5.92 Å². The molecule has 2 nitrogen and oxygen atoms in total. The summed E-state index contributed by atoms with van der Waals surface area (Å²) in [5, 5.41) is 3.87. The maximum absolute atomic E-state index is 4.64. The maximum Gasteiger partial charge on any atom is 0.0605 e. The number of aromatic nitrogens is 1. The number of benzene rings is 1. The van der Waals surface area contributed by atoms with E-state index >= 15 is 0 Å². The van der Waals surface area contributed by atoms with Gasteiger partial charge < -0.3 is 5.32 Å². The molecule has 0 bridgehead atoms. The Hall–Kier alpha value is -1.67. The Morgan fingerprint density at radius 3 is 2.67 bits per heavy atom. The zero-order valence-electron chi connectivity index (χ0n) is 12.9. The van der Waals surface area contributed by atoms with Gasteiger partial charge in [-0.05, 0) is 42.4 Å². The second kappa shape index (κ2) is 6.40. The highest BCUT2D eigenvalue weighted by Gasteiger charge is 2.25. The minimum Gasteiger partial charge on any atom is -0.301 e. The third-order valence-corrected chi connectivity index (χ3v) is 4.40. The van der Waals surface area contributed by atoms with Gasteiger partial charge in [0.2, 0.25) is 0 Å². The number of nitrogens with one attached hydrogen (secondary N) is 1. The monoisotopic (exact) mass is 280 g/mol. The SMILES string of the molecule is CC(C)C(NC1CCCc2cccnc21)c1ccccc1. The summed E-state index contributed by atoms with van der Waals surface area (Å²) < 4.78 is 0. The summed E-state index contributed by atoms with van der Waals surface area (Å²) >= 11 is 0. The Morgan fingerprint density at radius 1 is 1.10 bits per heavy atom. The molecule has 0 saturated heterocycles.